The van der Waals surface area contributed by atoms with Gasteiger partial charge in [-0.1, -0.05) is 0 Å². The van der Waals surface area contributed by atoms with Crippen LogP contribution in [0.25, 0.3) is 0 Å². The van der Waals surface area contributed by atoms with Gasteiger partial charge in [0.05, 0.1) is 39.6 Å². The summed E-state index contributed by atoms with van der Waals surface area (Å²) in [6.07, 6.45) is -4.88. The zero-order valence-electron chi connectivity index (χ0n) is 17.6. The summed E-state index contributed by atoms with van der Waals surface area (Å²) >= 11 is 0. The Balaban J connectivity index is 2.21. The van der Waals surface area contributed by atoms with Crippen molar-refractivity contribution in [3.05, 3.63) is 0 Å². The molecule has 0 saturated carbocycles. The van der Waals surface area contributed by atoms with E-state index in [-0.39, 0.29) is 39.6 Å². The summed E-state index contributed by atoms with van der Waals surface area (Å²) in [5, 5.41) is 20.8. The SMILES string of the molecule is CCOP(=O)(OCC)[C@@H]1OC[C@@H](O)[C@H]([C@H]2O[C@@H](P(=O)(OCC)OCC)OC[C@H]2O)O1. The number of hydrogen-bond acceptors (Lipinski definition) is 12. The van der Waals surface area contributed by atoms with Crippen molar-refractivity contribution in [1.29, 1.82) is 0 Å². The Hall–Kier alpha value is 0.0600. The molecule has 178 valence electrons. The number of aliphatic hydroxyl groups is 2. The molecule has 2 saturated heterocycles. The van der Waals surface area contributed by atoms with Crippen molar-refractivity contribution >= 4 is 15.2 Å². The minimum atomic E-state index is -3.83. The van der Waals surface area contributed by atoms with E-state index in [0.29, 0.717) is 0 Å². The van der Waals surface area contributed by atoms with Crippen LogP contribution >= 0.6 is 15.2 Å². The lowest BCUT2D eigenvalue weighted by Gasteiger charge is -2.44. The Labute approximate surface area is 176 Å². The fraction of sp³-hybridized carbons (Fsp3) is 1.00. The van der Waals surface area contributed by atoms with Gasteiger partial charge < -0.3 is 47.3 Å². The molecule has 14 heteroatoms. The van der Waals surface area contributed by atoms with E-state index in [0.717, 1.165) is 0 Å². The second-order valence-corrected chi connectivity index (χ2v) is 10.4. The van der Waals surface area contributed by atoms with Crippen LogP contribution in [0.4, 0.5) is 0 Å². The molecule has 0 aliphatic carbocycles. The van der Waals surface area contributed by atoms with Gasteiger partial charge in [0, 0.05) is 0 Å². The molecule has 0 aromatic carbocycles. The third-order valence-corrected chi connectivity index (χ3v) is 8.25. The fourth-order valence-electron chi connectivity index (χ4n) is 3.04. The molecule has 0 unspecified atom stereocenters. The van der Waals surface area contributed by atoms with E-state index in [1.807, 2.05) is 0 Å². The van der Waals surface area contributed by atoms with E-state index < -0.39 is 51.7 Å². The summed E-state index contributed by atoms with van der Waals surface area (Å²) in [7, 11) is -7.65. The zero-order valence-corrected chi connectivity index (χ0v) is 19.4. The van der Waals surface area contributed by atoms with Crippen LogP contribution in [0.1, 0.15) is 27.7 Å². The van der Waals surface area contributed by atoms with Gasteiger partial charge in [-0.15, -0.1) is 0 Å². The highest BCUT2D eigenvalue weighted by Crippen LogP contribution is 2.57. The molecule has 2 aliphatic heterocycles. The second-order valence-electron chi connectivity index (χ2n) is 6.37. The van der Waals surface area contributed by atoms with Crippen molar-refractivity contribution in [3.8, 4) is 0 Å². The molecule has 0 bridgehead atoms. The van der Waals surface area contributed by atoms with Gasteiger partial charge in [-0.3, -0.25) is 9.13 Å². The molecule has 6 atom stereocenters. The normalized spacial score (nSPS) is 33.5. The van der Waals surface area contributed by atoms with Crippen LogP contribution in [0, 0.1) is 0 Å². The van der Waals surface area contributed by atoms with E-state index in [9.17, 15) is 19.3 Å². The highest BCUT2D eigenvalue weighted by Gasteiger charge is 2.52. The van der Waals surface area contributed by atoms with Crippen LogP contribution in [0.15, 0.2) is 0 Å². The average Bonchev–Trinajstić information content (AvgIpc) is 2.69. The molecule has 2 aliphatic rings. The summed E-state index contributed by atoms with van der Waals surface area (Å²) in [5.74, 6) is 0. The van der Waals surface area contributed by atoms with E-state index in [2.05, 4.69) is 0 Å². The van der Waals surface area contributed by atoms with Crippen LogP contribution in [-0.4, -0.2) is 86.3 Å². The second kappa shape index (κ2) is 11.8. The van der Waals surface area contributed by atoms with Gasteiger partial charge in [0.15, 0.2) is 0 Å². The average molecular weight is 478 g/mol. The molecule has 2 heterocycles. The number of rotatable bonds is 11. The molecule has 0 radical (unpaired) electrons. The fourth-order valence-corrected chi connectivity index (χ4v) is 6.23. The summed E-state index contributed by atoms with van der Waals surface area (Å²) < 4.78 is 68.9. The van der Waals surface area contributed by atoms with E-state index >= 15 is 0 Å². The third kappa shape index (κ3) is 6.10. The van der Waals surface area contributed by atoms with Gasteiger partial charge >= 0.3 is 15.2 Å². The minimum absolute atomic E-state index is 0.0814. The maximum atomic E-state index is 13.0. The largest absolute Gasteiger partial charge is 0.388 e. The maximum absolute atomic E-state index is 13.0. The Kier molecular flexibility index (Phi) is 10.3. The minimum Gasteiger partial charge on any atom is -0.388 e. The topological polar surface area (TPSA) is 148 Å². The Morgan fingerprint density at radius 3 is 1.27 bits per heavy atom. The molecule has 12 nitrogen and oxygen atoms in total. The van der Waals surface area contributed by atoms with Crippen molar-refractivity contribution < 1.29 is 56.4 Å². The van der Waals surface area contributed by atoms with Gasteiger partial charge in [0.1, 0.15) is 24.4 Å². The third-order valence-electron chi connectivity index (χ3n) is 4.20. The van der Waals surface area contributed by atoms with Crippen molar-refractivity contribution in [1.82, 2.24) is 0 Å². The lowest BCUT2D eigenvalue weighted by molar-refractivity contribution is -0.302. The molecule has 2 fully saturated rings. The first-order chi connectivity index (χ1) is 14.2. The van der Waals surface area contributed by atoms with Gasteiger partial charge in [-0.05, 0) is 27.7 Å². The van der Waals surface area contributed by atoms with Gasteiger partial charge in [-0.25, -0.2) is 0 Å². The highest BCUT2D eigenvalue weighted by atomic mass is 31.2. The molecule has 0 spiro atoms. The number of aliphatic hydroxyl groups excluding tert-OH is 2. The summed E-state index contributed by atoms with van der Waals surface area (Å²) in [6.45, 7) is 6.32. The lowest BCUT2D eigenvalue weighted by Crippen LogP contribution is -2.58. The van der Waals surface area contributed by atoms with Crippen molar-refractivity contribution in [2.24, 2.45) is 0 Å². The first kappa shape index (κ1) is 26.3. The van der Waals surface area contributed by atoms with E-state index in [4.69, 9.17) is 37.0 Å². The summed E-state index contributed by atoms with van der Waals surface area (Å²) in [6, 6.07) is -2.87. The van der Waals surface area contributed by atoms with Gasteiger partial charge in [0.25, 0.3) is 12.1 Å². The van der Waals surface area contributed by atoms with Crippen molar-refractivity contribution in [3.63, 3.8) is 0 Å². The summed E-state index contributed by atoms with van der Waals surface area (Å²) in [5.41, 5.74) is 0. The van der Waals surface area contributed by atoms with Crippen molar-refractivity contribution in [2.75, 3.05) is 39.6 Å². The number of ether oxygens (including phenoxy) is 4. The Morgan fingerprint density at radius 1 is 0.700 bits per heavy atom. The van der Waals surface area contributed by atoms with Crippen LogP contribution in [0.3, 0.4) is 0 Å². The standard InChI is InChI=1S/C16H32O12P2/c1-5-23-29(19,24-6-2)15-21-9-11(17)13(27-15)14-12(18)10-22-16(28-14)30(20,25-7-3)26-8-4/h11-18H,5-10H2,1-4H3/t11-,12-,13-,14+,15-,16+/m1/s1. The predicted octanol–water partition coefficient (Wildman–Crippen LogP) is 1.64. The van der Waals surface area contributed by atoms with Crippen LogP contribution in [-0.2, 0) is 46.2 Å². The molecule has 0 aromatic rings. The molecular weight excluding hydrogens is 446 g/mol. The summed E-state index contributed by atoms with van der Waals surface area (Å²) in [4.78, 5) is 0. The smallest absolute Gasteiger partial charge is 0.386 e. The van der Waals surface area contributed by atoms with E-state index in [1.54, 1.807) is 27.7 Å². The Morgan fingerprint density at radius 2 is 1.00 bits per heavy atom. The molecule has 0 aromatic heterocycles. The first-order valence-electron chi connectivity index (χ1n) is 9.92. The van der Waals surface area contributed by atoms with Crippen LogP contribution in [0.2, 0.25) is 0 Å². The molecular formula is C16H32O12P2. The first-order valence-corrected chi connectivity index (χ1v) is 13.1. The maximum Gasteiger partial charge on any atom is 0.386 e. The van der Waals surface area contributed by atoms with Crippen molar-refractivity contribution in [2.45, 2.75) is 64.2 Å². The highest BCUT2D eigenvalue weighted by molar-refractivity contribution is 7.54. The molecule has 30 heavy (non-hydrogen) atoms. The van der Waals surface area contributed by atoms with E-state index in [1.165, 1.54) is 0 Å². The lowest BCUT2D eigenvalue weighted by atomic mass is 10.0. The molecule has 2 N–H and O–H groups in total. The predicted molar refractivity (Wildman–Crippen MR) is 103 cm³/mol. The molecule has 0 amide bonds. The monoisotopic (exact) mass is 478 g/mol. The quantitative estimate of drug-likeness (QED) is 0.416. The van der Waals surface area contributed by atoms with Gasteiger partial charge in [0.2, 0.25) is 0 Å². The van der Waals surface area contributed by atoms with Crippen LogP contribution in [0.5, 0.6) is 0 Å². The van der Waals surface area contributed by atoms with Gasteiger partial charge in [-0.2, -0.15) is 0 Å². The van der Waals surface area contributed by atoms with Crippen LogP contribution < -0.4 is 0 Å². The molecule has 2 rings (SSSR count). The zero-order chi connectivity index (χ0) is 22.4. The number of hydrogen-bond donors (Lipinski definition) is 2. The Bertz CT molecular complexity index is 547.